The third kappa shape index (κ3) is 3.09. The van der Waals surface area contributed by atoms with Gasteiger partial charge < -0.3 is 8.37 Å². The second-order valence-corrected chi connectivity index (χ2v) is 6.13. The van der Waals surface area contributed by atoms with Crippen molar-refractivity contribution >= 4 is 32.9 Å². The summed E-state index contributed by atoms with van der Waals surface area (Å²) in [7, 11) is 0. The largest absolute Gasteiger partial charge is 0.417 e. The maximum absolute atomic E-state index is 12.1. The Morgan fingerprint density at radius 1 is 0.542 bits per heavy atom. The summed E-state index contributed by atoms with van der Waals surface area (Å²) >= 11 is -1.91. The number of fused-ring (bicyclic) bond motifs is 2. The molecule has 4 aromatic carbocycles. The lowest BCUT2D eigenvalue weighted by molar-refractivity contribution is 0.462. The molecule has 0 saturated heterocycles. The first-order valence-corrected chi connectivity index (χ1v) is 8.54. The summed E-state index contributed by atoms with van der Waals surface area (Å²) in [5, 5.41) is 4.26. The Morgan fingerprint density at radius 3 is 1.42 bits per heavy atom. The Hall–Kier alpha value is -2.85. The molecule has 3 nitrogen and oxygen atoms in total. The number of benzene rings is 4. The smallest absolute Gasteiger partial charge is 0.371 e. The van der Waals surface area contributed by atoms with Crippen LogP contribution in [-0.4, -0.2) is 4.21 Å². The predicted molar refractivity (Wildman–Crippen MR) is 97.3 cm³/mol. The summed E-state index contributed by atoms with van der Waals surface area (Å²) in [6, 6.07) is 27.0. The summed E-state index contributed by atoms with van der Waals surface area (Å²) in [4.78, 5) is 0. The zero-order valence-corrected chi connectivity index (χ0v) is 13.5. The molecule has 0 aliphatic rings. The number of hydrogen-bond acceptors (Lipinski definition) is 3. The molecule has 0 unspecified atom stereocenters. The van der Waals surface area contributed by atoms with Gasteiger partial charge in [-0.25, -0.2) is 0 Å². The Labute approximate surface area is 142 Å². The van der Waals surface area contributed by atoms with Crippen molar-refractivity contribution in [3.05, 3.63) is 84.9 Å². The summed E-state index contributed by atoms with van der Waals surface area (Å²) < 4.78 is 22.9. The Bertz CT molecular complexity index is 960. The SMILES string of the molecule is O=S(Oc1ccc2ccccc2c1)Oc1ccc2ccccc2c1. The molecular formula is C20H14O3S. The van der Waals surface area contributed by atoms with Gasteiger partial charge in [-0.1, -0.05) is 60.7 Å². The van der Waals surface area contributed by atoms with Crippen LogP contribution < -0.4 is 8.37 Å². The lowest BCUT2D eigenvalue weighted by Crippen LogP contribution is -2.07. The van der Waals surface area contributed by atoms with Gasteiger partial charge in [0.15, 0.2) is 0 Å². The van der Waals surface area contributed by atoms with E-state index in [4.69, 9.17) is 8.37 Å². The molecule has 24 heavy (non-hydrogen) atoms. The molecule has 0 heterocycles. The van der Waals surface area contributed by atoms with E-state index in [1.165, 1.54) is 0 Å². The molecule has 0 radical (unpaired) electrons. The molecular weight excluding hydrogens is 320 g/mol. The van der Waals surface area contributed by atoms with Gasteiger partial charge in [0.05, 0.1) is 0 Å². The van der Waals surface area contributed by atoms with Crippen LogP contribution in [0.1, 0.15) is 0 Å². The molecule has 0 aliphatic carbocycles. The van der Waals surface area contributed by atoms with Crippen molar-refractivity contribution in [3.63, 3.8) is 0 Å². The van der Waals surface area contributed by atoms with E-state index in [0.29, 0.717) is 11.5 Å². The third-order valence-electron chi connectivity index (χ3n) is 3.77. The van der Waals surface area contributed by atoms with Gasteiger partial charge in [-0.2, -0.15) is 4.21 Å². The van der Waals surface area contributed by atoms with Crippen LogP contribution in [0.2, 0.25) is 0 Å². The maximum atomic E-state index is 12.1. The minimum atomic E-state index is -1.91. The monoisotopic (exact) mass is 334 g/mol. The van der Waals surface area contributed by atoms with Crippen molar-refractivity contribution < 1.29 is 12.6 Å². The fourth-order valence-electron chi connectivity index (χ4n) is 2.61. The van der Waals surface area contributed by atoms with Crippen LogP contribution in [0.4, 0.5) is 0 Å². The number of rotatable bonds is 4. The lowest BCUT2D eigenvalue weighted by Gasteiger charge is -2.07. The first-order valence-electron chi connectivity index (χ1n) is 7.54. The van der Waals surface area contributed by atoms with Gasteiger partial charge in [-0.15, -0.1) is 0 Å². The highest BCUT2D eigenvalue weighted by Crippen LogP contribution is 2.24. The van der Waals surface area contributed by atoms with Crippen LogP contribution in [0.15, 0.2) is 84.9 Å². The van der Waals surface area contributed by atoms with Gasteiger partial charge in [0, 0.05) is 0 Å². The zero-order valence-electron chi connectivity index (χ0n) is 12.7. The van der Waals surface area contributed by atoms with Gasteiger partial charge in [-0.05, 0) is 45.8 Å². The van der Waals surface area contributed by atoms with Crippen LogP contribution in [0.25, 0.3) is 21.5 Å². The molecule has 0 aromatic heterocycles. The molecule has 4 heteroatoms. The fraction of sp³-hybridized carbons (Fsp3) is 0. The quantitative estimate of drug-likeness (QED) is 0.525. The molecule has 0 fully saturated rings. The summed E-state index contributed by atoms with van der Waals surface area (Å²) in [5.41, 5.74) is 0. The third-order valence-corrected chi connectivity index (χ3v) is 4.43. The van der Waals surface area contributed by atoms with E-state index in [-0.39, 0.29) is 0 Å². The van der Waals surface area contributed by atoms with Gasteiger partial charge in [-0.3, -0.25) is 0 Å². The summed E-state index contributed by atoms with van der Waals surface area (Å²) in [6.45, 7) is 0. The van der Waals surface area contributed by atoms with Crippen molar-refractivity contribution in [2.24, 2.45) is 0 Å². The molecule has 4 aromatic rings. The van der Waals surface area contributed by atoms with E-state index >= 15 is 0 Å². The molecule has 0 spiro atoms. The van der Waals surface area contributed by atoms with E-state index < -0.39 is 11.4 Å². The van der Waals surface area contributed by atoms with E-state index in [0.717, 1.165) is 21.5 Å². The standard InChI is InChI=1S/C20H14O3S/c21-24(22-19-11-9-15-5-1-3-7-17(15)13-19)23-20-12-10-16-6-2-4-8-18(16)14-20/h1-14H. The van der Waals surface area contributed by atoms with Crippen LogP contribution >= 0.6 is 0 Å². The van der Waals surface area contributed by atoms with Crippen molar-refractivity contribution in [2.75, 3.05) is 0 Å². The van der Waals surface area contributed by atoms with Crippen LogP contribution in [0.5, 0.6) is 11.5 Å². The first kappa shape index (κ1) is 14.7. The molecule has 0 atom stereocenters. The van der Waals surface area contributed by atoms with Crippen molar-refractivity contribution in [1.29, 1.82) is 0 Å². The molecule has 0 bridgehead atoms. The topological polar surface area (TPSA) is 35.5 Å². The average Bonchev–Trinajstić information content (AvgIpc) is 2.61. The van der Waals surface area contributed by atoms with Crippen LogP contribution in [-0.2, 0) is 11.4 Å². The molecule has 0 aliphatic heterocycles. The Morgan fingerprint density at radius 2 is 0.958 bits per heavy atom. The second kappa shape index (κ2) is 6.34. The highest BCUT2D eigenvalue weighted by atomic mass is 32.2. The number of hydrogen-bond donors (Lipinski definition) is 0. The van der Waals surface area contributed by atoms with E-state index in [1.54, 1.807) is 12.1 Å². The molecule has 0 amide bonds. The lowest BCUT2D eigenvalue weighted by atomic mass is 10.1. The van der Waals surface area contributed by atoms with Crippen molar-refractivity contribution in [1.82, 2.24) is 0 Å². The zero-order chi connectivity index (χ0) is 16.4. The Balaban J connectivity index is 1.52. The van der Waals surface area contributed by atoms with Gasteiger partial charge in [0.1, 0.15) is 11.5 Å². The fourth-order valence-corrected chi connectivity index (χ4v) is 3.17. The maximum Gasteiger partial charge on any atom is 0.417 e. The summed E-state index contributed by atoms with van der Waals surface area (Å²) in [6.07, 6.45) is 0. The molecule has 4 rings (SSSR count). The minimum Gasteiger partial charge on any atom is -0.371 e. The van der Waals surface area contributed by atoms with Crippen molar-refractivity contribution in [2.45, 2.75) is 0 Å². The molecule has 0 saturated carbocycles. The average molecular weight is 334 g/mol. The highest BCUT2D eigenvalue weighted by Gasteiger charge is 2.07. The van der Waals surface area contributed by atoms with E-state index in [9.17, 15) is 4.21 Å². The summed E-state index contributed by atoms with van der Waals surface area (Å²) in [5.74, 6) is 1.01. The first-order chi connectivity index (χ1) is 11.8. The van der Waals surface area contributed by atoms with Crippen LogP contribution in [0, 0.1) is 0 Å². The minimum absolute atomic E-state index is 0.507. The van der Waals surface area contributed by atoms with Crippen LogP contribution in [0.3, 0.4) is 0 Å². The van der Waals surface area contributed by atoms with Gasteiger partial charge >= 0.3 is 11.4 Å². The second-order valence-electron chi connectivity index (χ2n) is 5.39. The van der Waals surface area contributed by atoms with E-state index in [2.05, 4.69) is 0 Å². The normalized spacial score (nSPS) is 11.0. The van der Waals surface area contributed by atoms with Gasteiger partial charge in [0.25, 0.3) is 0 Å². The van der Waals surface area contributed by atoms with E-state index in [1.807, 2.05) is 72.8 Å². The molecule has 0 N–H and O–H groups in total. The predicted octanol–water partition coefficient (Wildman–Crippen LogP) is 5.03. The Kier molecular flexibility index (Phi) is 3.89. The van der Waals surface area contributed by atoms with Gasteiger partial charge in [0.2, 0.25) is 0 Å². The highest BCUT2D eigenvalue weighted by molar-refractivity contribution is 7.75. The van der Waals surface area contributed by atoms with Crippen molar-refractivity contribution in [3.8, 4) is 11.5 Å². The molecule has 118 valence electrons.